The Hall–Kier alpha value is -2.42. The number of rotatable bonds is 2. The lowest BCUT2D eigenvalue weighted by Gasteiger charge is -1.97. The first-order chi connectivity index (χ1) is 10.2. The van der Waals surface area contributed by atoms with Crippen molar-refractivity contribution in [3.05, 3.63) is 52.1 Å². The Kier molecular flexibility index (Phi) is 3.57. The molecular formula is C14H6Cl2N4O. The molecule has 0 aliphatic rings. The van der Waals surface area contributed by atoms with Gasteiger partial charge in [-0.15, -0.1) is 0 Å². The number of halogens is 2. The van der Waals surface area contributed by atoms with Gasteiger partial charge in [0.2, 0.25) is 5.82 Å². The van der Waals surface area contributed by atoms with Crippen molar-refractivity contribution in [2.45, 2.75) is 0 Å². The molecule has 0 amide bonds. The van der Waals surface area contributed by atoms with Crippen molar-refractivity contribution >= 4 is 23.2 Å². The van der Waals surface area contributed by atoms with Gasteiger partial charge < -0.3 is 4.52 Å². The maximum absolute atomic E-state index is 8.90. The summed E-state index contributed by atoms with van der Waals surface area (Å²) in [5.41, 5.74) is 1.54. The van der Waals surface area contributed by atoms with Crippen LogP contribution in [0, 0.1) is 11.3 Å². The zero-order valence-corrected chi connectivity index (χ0v) is 11.9. The van der Waals surface area contributed by atoms with Crippen molar-refractivity contribution in [3.8, 4) is 29.0 Å². The molecule has 5 nitrogen and oxygen atoms in total. The van der Waals surface area contributed by atoms with Crippen LogP contribution in [0.4, 0.5) is 0 Å². The number of nitrogens with zero attached hydrogens (tertiary/aromatic N) is 4. The first-order valence-corrected chi connectivity index (χ1v) is 6.58. The van der Waals surface area contributed by atoms with E-state index in [4.69, 9.17) is 33.0 Å². The van der Waals surface area contributed by atoms with Gasteiger partial charge in [0.25, 0.3) is 5.89 Å². The molecule has 0 saturated carbocycles. The normalized spacial score (nSPS) is 10.3. The molecule has 0 aliphatic heterocycles. The van der Waals surface area contributed by atoms with Crippen LogP contribution in [-0.4, -0.2) is 15.1 Å². The predicted molar refractivity (Wildman–Crippen MR) is 77.7 cm³/mol. The van der Waals surface area contributed by atoms with Crippen LogP contribution in [0.1, 0.15) is 5.56 Å². The molecule has 0 spiro atoms. The first-order valence-electron chi connectivity index (χ1n) is 5.83. The summed E-state index contributed by atoms with van der Waals surface area (Å²) in [4.78, 5) is 8.33. The van der Waals surface area contributed by atoms with Crippen LogP contribution in [0.3, 0.4) is 0 Å². The van der Waals surface area contributed by atoms with Gasteiger partial charge in [-0.1, -0.05) is 34.4 Å². The van der Waals surface area contributed by atoms with Gasteiger partial charge in [-0.2, -0.15) is 10.2 Å². The molecule has 0 aliphatic carbocycles. The number of hydrogen-bond donors (Lipinski definition) is 0. The van der Waals surface area contributed by atoms with Gasteiger partial charge in [0, 0.05) is 11.8 Å². The fourth-order valence-corrected chi connectivity index (χ4v) is 2.20. The minimum atomic E-state index is 0.258. The highest BCUT2D eigenvalue weighted by Gasteiger charge is 2.15. The summed E-state index contributed by atoms with van der Waals surface area (Å²) in [6.45, 7) is 0. The second kappa shape index (κ2) is 5.52. The van der Waals surface area contributed by atoms with E-state index in [2.05, 4.69) is 21.2 Å². The van der Waals surface area contributed by atoms with Crippen LogP contribution in [0.5, 0.6) is 0 Å². The van der Waals surface area contributed by atoms with Crippen molar-refractivity contribution in [3.63, 3.8) is 0 Å². The van der Waals surface area contributed by atoms with E-state index in [0.29, 0.717) is 26.9 Å². The molecule has 3 aromatic rings. The molecule has 1 aromatic carbocycles. The highest BCUT2D eigenvalue weighted by atomic mass is 35.5. The van der Waals surface area contributed by atoms with Crippen molar-refractivity contribution in [2.75, 3.05) is 0 Å². The average molecular weight is 317 g/mol. The fourth-order valence-electron chi connectivity index (χ4n) is 1.74. The quantitative estimate of drug-likeness (QED) is 0.714. The lowest BCUT2D eigenvalue weighted by molar-refractivity contribution is 0.432. The monoisotopic (exact) mass is 316 g/mol. The summed E-state index contributed by atoms with van der Waals surface area (Å²) in [7, 11) is 0. The Balaban J connectivity index is 2.02. The lowest BCUT2D eigenvalue weighted by atomic mass is 10.1. The predicted octanol–water partition coefficient (Wildman–Crippen LogP) is 3.98. The third kappa shape index (κ3) is 2.72. The van der Waals surface area contributed by atoms with Gasteiger partial charge in [-0.3, -0.25) is 0 Å². The maximum atomic E-state index is 8.90. The van der Waals surface area contributed by atoms with E-state index in [1.807, 2.05) is 0 Å². The Labute approximate surface area is 129 Å². The van der Waals surface area contributed by atoms with Crippen molar-refractivity contribution in [1.29, 1.82) is 5.26 Å². The molecule has 0 radical (unpaired) electrons. The van der Waals surface area contributed by atoms with Gasteiger partial charge in [0.1, 0.15) is 5.69 Å². The second-order valence-corrected chi connectivity index (χ2v) is 4.94. The van der Waals surface area contributed by atoms with Crippen LogP contribution < -0.4 is 0 Å². The molecule has 0 saturated heterocycles. The Morgan fingerprint density at radius 3 is 2.81 bits per heavy atom. The molecule has 2 heterocycles. The van der Waals surface area contributed by atoms with Crippen LogP contribution in [0.25, 0.3) is 23.0 Å². The van der Waals surface area contributed by atoms with E-state index in [0.717, 1.165) is 0 Å². The molecule has 3 rings (SSSR count). The first kappa shape index (κ1) is 13.6. The molecule has 0 unspecified atom stereocenters. The topological polar surface area (TPSA) is 75.6 Å². The molecular weight excluding hydrogens is 311 g/mol. The summed E-state index contributed by atoms with van der Waals surface area (Å²) in [6.07, 6.45) is 1.45. The van der Waals surface area contributed by atoms with Crippen molar-refractivity contribution in [1.82, 2.24) is 15.1 Å². The lowest BCUT2D eigenvalue weighted by Crippen LogP contribution is -1.87. The van der Waals surface area contributed by atoms with E-state index in [-0.39, 0.29) is 11.7 Å². The maximum Gasteiger partial charge on any atom is 0.258 e. The van der Waals surface area contributed by atoms with E-state index < -0.39 is 0 Å². The average Bonchev–Trinajstić information content (AvgIpc) is 2.97. The highest BCUT2D eigenvalue weighted by Crippen LogP contribution is 2.28. The minimum Gasteiger partial charge on any atom is -0.334 e. The van der Waals surface area contributed by atoms with E-state index >= 15 is 0 Å². The van der Waals surface area contributed by atoms with Crippen LogP contribution in [0.15, 0.2) is 41.1 Å². The van der Waals surface area contributed by atoms with Crippen LogP contribution in [0.2, 0.25) is 10.0 Å². The zero-order valence-electron chi connectivity index (χ0n) is 10.4. The van der Waals surface area contributed by atoms with Gasteiger partial charge in [-0.25, -0.2) is 4.98 Å². The number of hydrogen-bond acceptors (Lipinski definition) is 5. The molecule has 7 heteroatoms. The minimum absolute atomic E-state index is 0.258. The molecule has 0 bridgehead atoms. The van der Waals surface area contributed by atoms with Gasteiger partial charge in [-0.05, 0) is 24.3 Å². The standard InChI is InChI=1S/C14H6Cl2N4O/c15-10-5-11(16)12(18-7-10)13-19-14(21-20-13)9-3-1-2-8(4-9)6-17/h1-5,7H. The Morgan fingerprint density at radius 2 is 2.05 bits per heavy atom. The third-order valence-electron chi connectivity index (χ3n) is 2.68. The molecule has 0 atom stereocenters. The van der Waals surface area contributed by atoms with Crippen molar-refractivity contribution < 1.29 is 4.52 Å². The number of benzene rings is 1. The number of aromatic nitrogens is 3. The largest absolute Gasteiger partial charge is 0.334 e. The van der Waals surface area contributed by atoms with Gasteiger partial charge >= 0.3 is 0 Å². The number of pyridine rings is 1. The molecule has 102 valence electrons. The van der Waals surface area contributed by atoms with Crippen LogP contribution in [-0.2, 0) is 0 Å². The van der Waals surface area contributed by atoms with Crippen molar-refractivity contribution in [2.24, 2.45) is 0 Å². The zero-order chi connectivity index (χ0) is 14.8. The van der Waals surface area contributed by atoms with Gasteiger partial charge in [0.15, 0.2) is 0 Å². The fraction of sp³-hybridized carbons (Fsp3) is 0. The summed E-state index contributed by atoms with van der Waals surface area (Å²) < 4.78 is 5.19. The van der Waals surface area contributed by atoms with E-state index in [9.17, 15) is 0 Å². The third-order valence-corrected chi connectivity index (χ3v) is 3.18. The summed E-state index contributed by atoms with van der Waals surface area (Å²) in [5, 5.41) is 13.5. The molecule has 2 aromatic heterocycles. The Morgan fingerprint density at radius 1 is 1.19 bits per heavy atom. The summed E-state index contributed by atoms with van der Waals surface area (Å²) in [5.74, 6) is 0.545. The van der Waals surface area contributed by atoms with Crippen LogP contribution >= 0.6 is 23.2 Å². The smallest absolute Gasteiger partial charge is 0.258 e. The molecule has 0 fully saturated rings. The molecule has 21 heavy (non-hydrogen) atoms. The number of nitriles is 1. The van der Waals surface area contributed by atoms with E-state index in [1.165, 1.54) is 6.20 Å². The summed E-state index contributed by atoms with van der Waals surface area (Å²) >= 11 is 11.9. The second-order valence-electron chi connectivity index (χ2n) is 4.10. The summed E-state index contributed by atoms with van der Waals surface area (Å²) in [6, 6.07) is 10.5. The Bertz CT molecular complexity index is 854. The highest BCUT2D eigenvalue weighted by molar-refractivity contribution is 6.35. The molecule has 0 N–H and O–H groups in total. The SMILES string of the molecule is N#Cc1cccc(-c2nc(-c3ncc(Cl)cc3Cl)no2)c1. The van der Waals surface area contributed by atoms with Gasteiger partial charge in [0.05, 0.1) is 21.7 Å². The van der Waals surface area contributed by atoms with E-state index in [1.54, 1.807) is 30.3 Å².